The summed E-state index contributed by atoms with van der Waals surface area (Å²) in [6, 6.07) is 8.62. The lowest BCUT2D eigenvalue weighted by Crippen LogP contribution is -2.14. The average molecular weight is 302 g/mol. The minimum absolute atomic E-state index is 0.781. The standard InChI is InChI=1S/C21H35N/c1-2-3-4-5-6-7-8-10-18-11-9-12-20(17-18)19-13-15-21(22)16-14-19/h13-16,18,20H,2-12,17,22H2,1H3. The van der Waals surface area contributed by atoms with Gasteiger partial charge < -0.3 is 5.73 Å². The molecule has 1 heteroatoms. The maximum Gasteiger partial charge on any atom is 0.0314 e. The van der Waals surface area contributed by atoms with Gasteiger partial charge in [-0.3, -0.25) is 0 Å². The van der Waals surface area contributed by atoms with E-state index in [0.717, 1.165) is 17.5 Å². The molecular formula is C21H35N. The van der Waals surface area contributed by atoms with E-state index in [-0.39, 0.29) is 0 Å². The molecule has 1 aromatic rings. The number of nitrogens with two attached hydrogens (primary N) is 1. The van der Waals surface area contributed by atoms with Gasteiger partial charge in [-0.2, -0.15) is 0 Å². The Balaban J connectivity index is 1.64. The van der Waals surface area contributed by atoms with Crippen molar-refractivity contribution >= 4 is 5.69 Å². The molecule has 1 aliphatic rings. The first-order valence-corrected chi connectivity index (χ1v) is 9.65. The van der Waals surface area contributed by atoms with Gasteiger partial charge in [0, 0.05) is 5.69 Å². The van der Waals surface area contributed by atoms with Crippen LogP contribution in [0.5, 0.6) is 0 Å². The van der Waals surface area contributed by atoms with Crippen LogP contribution in [0.1, 0.15) is 95.5 Å². The van der Waals surface area contributed by atoms with Crippen molar-refractivity contribution in [1.29, 1.82) is 0 Å². The summed E-state index contributed by atoms with van der Waals surface area (Å²) in [6.07, 6.45) is 17.1. The molecule has 1 aliphatic carbocycles. The molecule has 0 aromatic heterocycles. The summed E-state index contributed by atoms with van der Waals surface area (Å²) in [5.41, 5.74) is 8.21. The molecule has 124 valence electrons. The number of hydrogen-bond acceptors (Lipinski definition) is 1. The fraction of sp³-hybridized carbons (Fsp3) is 0.714. The second-order valence-electron chi connectivity index (χ2n) is 7.31. The van der Waals surface area contributed by atoms with Crippen LogP contribution in [0.2, 0.25) is 0 Å². The lowest BCUT2D eigenvalue weighted by atomic mass is 9.76. The fourth-order valence-corrected chi connectivity index (χ4v) is 4.01. The van der Waals surface area contributed by atoms with Crippen molar-refractivity contribution in [3.8, 4) is 0 Å². The summed E-state index contributed by atoms with van der Waals surface area (Å²) in [7, 11) is 0. The van der Waals surface area contributed by atoms with Crippen LogP contribution >= 0.6 is 0 Å². The van der Waals surface area contributed by atoms with Gasteiger partial charge in [-0.25, -0.2) is 0 Å². The smallest absolute Gasteiger partial charge is 0.0314 e. The number of anilines is 1. The highest BCUT2D eigenvalue weighted by Gasteiger charge is 2.22. The maximum absolute atomic E-state index is 5.81. The molecular weight excluding hydrogens is 266 g/mol. The SMILES string of the molecule is CCCCCCCCCC1CCCC(c2ccc(N)cc2)C1. The largest absolute Gasteiger partial charge is 0.399 e. The first-order valence-electron chi connectivity index (χ1n) is 9.65. The number of benzene rings is 1. The zero-order chi connectivity index (χ0) is 15.6. The Hall–Kier alpha value is -0.980. The molecule has 2 rings (SSSR count). The molecule has 0 radical (unpaired) electrons. The van der Waals surface area contributed by atoms with E-state index in [9.17, 15) is 0 Å². The number of rotatable bonds is 9. The van der Waals surface area contributed by atoms with Crippen LogP contribution in [0.25, 0.3) is 0 Å². The van der Waals surface area contributed by atoms with Crippen molar-refractivity contribution in [2.75, 3.05) is 5.73 Å². The van der Waals surface area contributed by atoms with Gasteiger partial charge in [0.25, 0.3) is 0 Å². The third kappa shape index (κ3) is 6.02. The zero-order valence-corrected chi connectivity index (χ0v) is 14.5. The molecule has 1 aromatic carbocycles. The summed E-state index contributed by atoms with van der Waals surface area (Å²) in [4.78, 5) is 0. The monoisotopic (exact) mass is 301 g/mol. The minimum atomic E-state index is 0.781. The van der Waals surface area contributed by atoms with E-state index >= 15 is 0 Å². The predicted molar refractivity (Wildman–Crippen MR) is 98.2 cm³/mol. The maximum atomic E-state index is 5.81. The second kappa shape index (κ2) is 9.92. The van der Waals surface area contributed by atoms with Crippen LogP contribution < -0.4 is 5.73 Å². The number of unbranched alkanes of at least 4 members (excludes halogenated alkanes) is 6. The molecule has 2 N–H and O–H groups in total. The van der Waals surface area contributed by atoms with Crippen LogP contribution in [0.4, 0.5) is 5.69 Å². The highest BCUT2D eigenvalue weighted by Crippen LogP contribution is 2.38. The summed E-state index contributed by atoms with van der Waals surface area (Å²) in [5, 5.41) is 0. The highest BCUT2D eigenvalue weighted by molar-refractivity contribution is 5.40. The number of nitrogen functional groups attached to an aromatic ring is 1. The molecule has 1 nitrogen and oxygen atoms in total. The van der Waals surface area contributed by atoms with Gasteiger partial charge in [-0.15, -0.1) is 0 Å². The van der Waals surface area contributed by atoms with E-state index in [2.05, 4.69) is 31.2 Å². The van der Waals surface area contributed by atoms with E-state index < -0.39 is 0 Å². The molecule has 1 fully saturated rings. The quantitative estimate of drug-likeness (QED) is 0.399. The summed E-state index contributed by atoms with van der Waals surface area (Å²) < 4.78 is 0. The van der Waals surface area contributed by atoms with E-state index in [1.54, 1.807) is 0 Å². The molecule has 0 aliphatic heterocycles. The Morgan fingerprint density at radius 1 is 0.909 bits per heavy atom. The molecule has 2 atom stereocenters. The molecule has 22 heavy (non-hydrogen) atoms. The Morgan fingerprint density at radius 3 is 2.32 bits per heavy atom. The van der Waals surface area contributed by atoms with Crippen LogP contribution in [-0.2, 0) is 0 Å². The predicted octanol–water partition coefficient (Wildman–Crippen LogP) is 6.68. The van der Waals surface area contributed by atoms with Crippen molar-refractivity contribution in [2.45, 2.75) is 89.9 Å². The lowest BCUT2D eigenvalue weighted by Gasteiger charge is -2.29. The Labute approximate surface area is 137 Å². The third-order valence-electron chi connectivity index (χ3n) is 5.41. The topological polar surface area (TPSA) is 26.0 Å². The Morgan fingerprint density at radius 2 is 1.59 bits per heavy atom. The summed E-state index contributed by atoms with van der Waals surface area (Å²) in [5.74, 6) is 1.75. The van der Waals surface area contributed by atoms with E-state index in [1.807, 2.05) is 0 Å². The lowest BCUT2D eigenvalue weighted by molar-refractivity contribution is 0.297. The van der Waals surface area contributed by atoms with Gasteiger partial charge in [-0.05, 0) is 42.4 Å². The van der Waals surface area contributed by atoms with E-state index in [1.165, 1.54) is 82.6 Å². The van der Waals surface area contributed by atoms with Crippen LogP contribution in [0.3, 0.4) is 0 Å². The van der Waals surface area contributed by atoms with Crippen molar-refractivity contribution in [1.82, 2.24) is 0 Å². The molecule has 0 spiro atoms. The van der Waals surface area contributed by atoms with Crippen LogP contribution in [-0.4, -0.2) is 0 Å². The number of hydrogen-bond donors (Lipinski definition) is 1. The zero-order valence-electron chi connectivity index (χ0n) is 14.5. The van der Waals surface area contributed by atoms with Gasteiger partial charge in [0.1, 0.15) is 0 Å². The Bertz CT molecular complexity index is 395. The van der Waals surface area contributed by atoms with Crippen molar-refractivity contribution in [3.63, 3.8) is 0 Å². The van der Waals surface area contributed by atoms with Gasteiger partial charge in [-0.1, -0.05) is 83.3 Å². The third-order valence-corrected chi connectivity index (χ3v) is 5.41. The molecule has 0 saturated heterocycles. The first kappa shape index (κ1) is 17.4. The van der Waals surface area contributed by atoms with Crippen molar-refractivity contribution in [2.24, 2.45) is 5.92 Å². The minimum Gasteiger partial charge on any atom is -0.399 e. The first-order chi connectivity index (χ1) is 10.8. The van der Waals surface area contributed by atoms with Gasteiger partial charge >= 0.3 is 0 Å². The summed E-state index contributed by atoms with van der Waals surface area (Å²) >= 11 is 0. The summed E-state index contributed by atoms with van der Waals surface area (Å²) in [6.45, 7) is 2.29. The van der Waals surface area contributed by atoms with Crippen LogP contribution in [0.15, 0.2) is 24.3 Å². The fourth-order valence-electron chi connectivity index (χ4n) is 4.01. The molecule has 0 heterocycles. The molecule has 1 saturated carbocycles. The van der Waals surface area contributed by atoms with E-state index in [4.69, 9.17) is 5.73 Å². The molecule has 0 bridgehead atoms. The van der Waals surface area contributed by atoms with Gasteiger partial charge in [0.05, 0.1) is 0 Å². The molecule has 2 unspecified atom stereocenters. The normalized spacial score (nSPS) is 21.9. The Kier molecular flexibility index (Phi) is 7.83. The van der Waals surface area contributed by atoms with Crippen molar-refractivity contribution in [3.05, 3.63) is 29.8 Å². The van der Waals surface area contributed by atoms with Gasteiger partial charge in [0.2, 0.25) is 0 Å². The molecule has 0 amide bonds. The highest BCUT2D eigenvalue weighted by atomic mass is 14.5. The van der Waals surface area contributed by atoms with E-state index in [0.29, 0.717) is 0 Å². The van der Waals surface area contributed by atoms with Crippen LogP contribution in [0, 0.1) is 5.92 Å². The van der Waals surface area contributed by atoms with Gasteiger partial charge in [0.15, 0.2) is 0 Å². The average Bonchev–Trinajstić information content (AvgIpc) is 2.55. The van der Waals surface area contributed by atoms with Crippen molar-refractivity contribution < 1.29 is 0 Å². The second-order valence-corrected chi connectivity index (χ2v) is 7.31.